The molecule has 0 radical (unpaired) electrons. The van der Waals surface area contributed by atoms with Crippen molar-refractivity contribution >= 4 is 53.5 Å². The van der Waals surface area contributed by atoms with E-state index in [9.17, 15) is 0 Å². The van der Waals surface area contributed by atoms with E-state index in [0.717, 1.165) is 0 Å². The molecule has 2 fully saturated rings. The maximum absolute atomic E-state index is 3.49. The van der Waals surface area contributed by atoms with E-state index >= 15 is 0 Å². The predicted molar refractivity (Wildman–Crippen MR) is 150 cm³/mol. The van der Waals surface area contributed by atoms with E-state index in [2.05, 4.69) is 96.5 Å². The molecule has 0 atom stereocenters. The molecule has 34 heavy (non-hydrogen) atoms. The zero-order valence-electron chi connectivity index (χ0n) is 20.0. The number of hydrogen-bond acceptors (Lipinski definition) is 0. The van der Waals surface area contributed by atoms with E-state index in [1.165, 1.54) is 75.3 Å². The van der Waals surface area contributed by atoms with Gasteiger partial charge in [0.15, 0.2) is 0 Å². The number of hydrogen-bond donors (Lipinski definition) is 0. The molecular weight excluding hydrogens is 640 g/mol. The molecule has 0 saturated heterocycles. The second-order valence-corrected chi connectivity index (χ2v) is 19.0. The fourth-order valence-electron chi connectivity index (χ4n) is 4.57. The third-order valence-corrected chi connectivity index (χ3v) is 18.4. The van der Waals surface area contributed by atoms with E-state index < -0.39 is 0 Å². The van der Waals surface area contributed by atoms with Gasteiger partial charge in [-0.05, 0) is 0 Å². The molecule has 2 aromatic rings. The summed E-state index contributed by atoms with van der Waals surface area (Å²) in [4.78, 5) is 0. The van der Waals surface area contributed by atoms with Gasteiger partial charge >= 0.3 is 225 Å². The molecule has 174 valence electrons. The van der Waals surface area contributed by atoms with Crippen LogP contribution in [-0.4, -0.2) is 34.1 Å². The Labute approximate surface area is 223 Å². The van der Waals surface area contributed by atoms with E-state index in [1.807, 2.05) is 0 Å². The summed E-state index contributed by atoms with van der Waals surface area (Å²) >= 11 is -0.408. The van der Waals surface area contributed by atoms with Gasteiger partial charge in [0.25, 0.3) is 0 Å². The van der Waals surface area contributed by atoms with Gasteiger partial charge in [-0.1, -0.05) is 0 Å². The Kier molecular flexibility index (Phi) is 11.3. The first kappa shape index (κ1) is 25.7. The molecule has 0 nitrogen and oxygen atoms in total. The second kappa shape index (κ2) is 14.9. The quantitative estimate of drug-likeness (QED) is 0.264. The van der Waals surface area contributed by atoms with Crippen molar-refractivity contribution in [2.75, 3.05) is 0 Å². The molecule has 2 heteroatoms. The molecule has 0 unspecified atom stereocenters. The minimum absolute atomic E-state index is 0.204. The van der Waals surface area contributed by atoms with Gasteiger partial charge in [-0.25, -0.2) is 0 Å². The van der Waals surface area contributed by atoms with E-state index in [-0.39, 0.29) is 34.1 Å². The molecule has 2 aromatic carbocycles. The molecular formula is C32H34Te2. The molecule has 0 spiro atoms. The fourth-order valence-corrected chi connectivity index (χ4v) is 16.4. The molecule has 2 saturated carbocycles. The summed E-state index contributed by atoms with van der Waals surface area (Å²) in [7, 11) is 0. The first-order chi connectivity index (χ1) is 16.9. The number of benzene rings is 2. The van der Waals surface area contributed by atoms with E-state index in [4.69, 9.17) is 0 Å². The Morgan fingerprint density at radius 3 is 1.41 bits per heavy atom. The average Bonchev–Trinajstić information content (AvgIpc) is 2.90. The number of rotatable bonds is 5. The molecule has 2 aliphatic rings. The summed E-state index contributed by atoms with van der Waals surface area (Å²) in [6, 6.07) is 17.9. The van der Waals surface area contributed by atoms with Crippen LogP contribution in [0.15, 0.2) is 60.7 Å². The van der Waals surface area contributed by atoms with Crippen molar-refractivity contribution in [3.63, 3.8) is 0 Å². The molecule has 0 N–H and O–H groups in total. The standard InChI is InChI=1S/C32H34Te2/c1-3-15-27(16-4-1)19-7-9-21-29-23-11-13-25-31(29)33-34-32-26-14-12-24-30(32)22-10-8-20-28-17-5-2-6-18-28/h9-14,21-28H,1-6,15-18H2/b21-9-,22-10-. The minimum atomic E-state index is -0.204. The van der Waals surface area contributed by atoms with Crippen molar-refractivity contribution in [3.8, 4) is 23.7 Å². The van der Waals surface area contributed by atoms with Gasteiger partial charge in [-0.15, -0.1) is 0 Å². The van der Waals surface area contributed by atoms with Crippen LogP contribution in [0, 0.1) is 35.5 Å². The van der Waals surface area contributed by atoms with Gasteiger partial charge in [-0.2, -0.15) is 0 Å². The zero-order chi connectivity index (χ0) is 23.3. The van der Waals surface area contributed by atoms with Gasteiger partial charge in [0.1, 0.15) is 0 Å². The van der Waals surface area contributed by atoms with Crippen LogP contribution in [0.25, 0.3) is 12.2 Å². The van der Waals surface area contributed by atoms with Crippen molar-refractivity contribution in [1.29, 1.82) is 0 Å². The first-order valence-corrected chi connectivity index (χ1v) is 22.4. The Balaban J connectivity index is 1.36. The molecule has 2 aliphatic carbocycles. The van der Waals surface area contributed by atoms with Crippen molar-refractivity contribution < 1.29 is 0 Å². The second-order valence-electron chi connectivity index (χ2n) is 9.16. The zero-order valence-corrected chi connectivity index (χ0v) is 24.6. The Bertz CT molecular complexity index is 1000. The van der Waals surface area contributed by atoms with E-state index in [1.54, 1.807) is 7.22 Å². The molecule has 4 rings (SSSR count). The Morgan fingerprint density at radius 1 is 0.559 bits per heavy atom. The molecule has 0 heterocycles. The van der Waals surface area contributed by atoms with Crippen LogP contribution in [0.1, 0.15) is 75.3 Å². The molecule has 0 aliphatic heterocycles. The topological polar surface area (TPSA) is 0 Å². The van der Waals surface area contributed by atoms with Crippen LogP contribution in [-0.2, 0) is 0 Å². The SMILES string of the molecule is C(#CC1CCCCC1)/C=C\c1ccccc1[Te][Te]c1ccccc1/C=C\C#CC1CCCCC1. The monoisotopic (exact) mass is 678 g/mol. The molecule has 0 bridgehead atoms. The third-order valence-electron chi connectivity index (χ3n) is 6.54. The summed E-state index contributed by atoms with van der Waals surface area (Å²) in [6.45, 7) is 0. The van der Waals surface area contributed by atoms with Crippen LogP contribution >= 0.6 is 0 Å². The van der Waals surface area contributed by atoms with Crippen LogP contribution < -0.4 is 7.22 Å². The van der Waals surface area contributed by atoms with Crippen molar-refractivity contribution in [2.45, 2.75) is 64.2 Å². The van der Waals surface area contributed by atoms with Crippen LogP contribution in [0.4, 0.5) is 0 Å². The Hall–Kier alpha value is -1.38. The maximum atomic E-state index is 3.49. The van der Waals surface area contributed by atoms with Gasteiger partial charge in [0, 0.05) is 0 Å². The van der Waals surface area contributed by atoms with Crippen molar-refractivity contribution in [1.82, 2.24) is 0 Å². The summed E-state index contributed by atoms with van der Waals surface area (Å²) in [5.74, 6) is 14.9. The summed E-state index contributed by atoms with van der Waals surface area (Å²) < 4.78 is 3.14. The number of allylic oxidation sites excluding steroid dienone is 2. The van der Waals surface area contributed by atoms with Gasteiger partial charge in [0.2, 0.25) is 0 Å². The van der Waals surface area contributed by atoms with Gasteiger partial charge in [0.05, 0.1) is 0 Å². The predicted octanol–water partition coefficient (Wildman–Crippen LogP) is 6.15. The fraction of sp³-hybridized carbons (Fsp3) is 0.375. The average molecular weight is 674 g/mol. The summed E-state index contributed by atoms with van der Waals surface area (Å²) in [5, 5.41) is 0. The van der Waals surface area contributed by atoms with Gasteiger partial charge in [-0.3, -0.25) is 0 Å². The van der Waals surface area contributed by atoms with Crippen molar-refractivity contribution in [3.05, 3.63) is 71.8 Å². The van der Waals surface area contributed by atoms with Crippen molar-refractivity contribution in [2.24, 2.45) is 11.8 Å². The first-order valence-electron chi connectivity index (χ1n) is 12.8. The summed E-state index contributed by atoms with van der Waals surface area (Å²) in [6.07, 6.45) is 22.0. The van der Waals surface area contributed by atoms with E-state index in [0.29, 0.717) is 11.8 Å². The summed E-state index contributed by atoms with van der Waals surface area (Å²) in [5.41, 5.74) is 2.75. The van der Waals surface area contributed by atoms with Crippen LogP contribution in [0.5, 0.6) is 0 Å². The molecule has 0 aromatic heterocycles. The third kappa shape index (κ3) is 8.68. The van der Waals surface area contributed by atoms with Crippen LogP contribution in [0.3, 0.4) is 0 Å². The van der Waals surface area contributed by atoms with Crippen LogP contribution in [0.2, 0.25) is 0 Å². The molecule has 0 amide bonds. The van der Waals surface area contributed by atoms with Gasteiger partial charge < -0.3 is 0 Å². The Morgan fingerprint density at radius 2 is 0.971 bits per heavy atom. The normalized spacial score (nSPS) is 17.3.